The zero-order valence-corrected chi connectivity index (χ0v) is 9.94. The molecule has 0 unspecified atom stereocenters. The summed E-state index contributed by atoms with van der Waals surface area (Å²) in [5.74, 6) is 0. The van der Waals surface area contributed by atoms with Crippen molar-refractivity contribution < 1.29 is 8.42 Å². The lowest BCUT2D eigenvalue weighted by atomic mass is 10.3. The van der Waals surface area contributed by atoms with Crippen LogP contribution >= 0.6 is 0 Å². The molecule has 0 radical (unpaired) electrons. The molecule has 1 saturated heterocycles. The van der Waals surface area contributed by atoms with Gasteiger partial charge in [-0.3, -0.25) is 0 Å². The molecule has 1 aliphatic rings. The summed E-state index contributed by atoms with van der Waals surface area (Å²) in [7, 11) is -3.41. The van der Waals surface area contributed by atoms with Gasteiger partial charge >= 0.3 is 0 Å². The smallest absolute Gasteiger partial charge is 0.260 e. The number of rotatable bonds is 2. The normalized spacial score (nSPS) is 23.2. The maximum absolute atomic E-state index is 12.2. The summed E-state index contributed by atoms with van der Waals surface area (Å²) >= 11 is 0. The van der Waals surface area contributed by atoms with Crippen LogP contribution in [0, 0.1) is 0 Å². The molecular weight excluding hydrogens is 226 g/mol. The van der Waals surface area contributed by atoms with E-state index in [0.29, 0.717) is 19.6 Å². The van der Waals surface area contributed by atoms with E-state index in [2.05, 4.69) is 10.3 Å². The number of hydrogen-bond donors (Lipinski definition) is 1. The first kappa shape index (κ1) is 11.5. The lowest BCUT2D eigenvalue weighted by molar-refractivity contribution is 0.309. The zero-order valence-electron chi connectivity index (χ0n) is 9.13. The lowest BCUT2D eigenvalue weighted by Crippen LogP contribution is -2.51. The first-order chi connectivity index (χ1) is 7.60. The third-order valence-electron chi connectivity index (χ3n) is 2.57. The molecule has 2 heterocycles. The second-order valence-electron chi connectivity index (χ2n) is 3.89. The van der Waals surface area contributed by atoms with Gasteiger partial charge in [0.25, 0.3) is 10.0 Å². The Morgan fingerprint density at radius 1 is 1.50 bits per heavy atom. The highest BCUT2D eigenvalue weighted by atomic mass is 32.2. The van der Waals surface area contributed by atoms with Crippen molar-refractivity contribution in [2.24, 2.45) is 0 Å². The van der Waals surface area contributed by atoms with Gasteiger partial charge in [-0.25, -0.2) is 13.4 Å². The van der Waals surface area contributed by atoms with Gasteiger partial charge in [0.1, 0.15) is 0 Å². The molecule has 0 bridgehead atoms. The number of aromatic nitrogens is 1. The first-order valence-corrected chi connectivity index (χ1v) is 6.69. The van der Waals surface area contributed by atoms with Crippen LogP contribution < -0.4 is 5.32 Å². The number of sulfonamides is 1. The van der Waals surface area contributed by atoms with Crippen molar-refractivity contribution in [2.75, 3.05) is 19.6 Å². The average Bonchev–Trinajstić information content (AvgIpc) is 2.30. The molecule has 0 amide bonds. The summed E-state index contributed by atoms with van der Waals surface area (Å²) in [6.45, 7) is 3.66. The van der Waals surface area contributed by atoms with Crippen LogP contribution in [0.4, 0.5) is 0 Å². The minimum atomic E-state index is -3.41. The SMILES string of the molecule is C[C@H]1CN(S(=O)(=O)c2ccccn2)CCN1. The largest absolute Gasteiger partial charge is 0.312 e. The minimum Gasteiger partial charge on any atom is -0.312 e. The molecule has 1 fully saturated rings. The molecule has 2 rings (SSSR count). The Morgan fingerprint density at radius 3 is 2.94 bits per heavy atom. The Morgan fingerprint density at radius 2 is 2.31 bits per heavy atom. The predicted molar refractivity (Wildman–Crippen MR) is 60.5 cm³/mol. The van der Waals surface area contributed by atoms with Crippen LogP contribution in [-0.2, 0) is 10.0 Å². The van der Waals surface area contributed by atoms with Gasteiger partial charge < -0.3 is 5.32 Å². The zero-order chi connectivity index (χ0) is 11.6. The molecule has 1 aromatic heterocycles. The van der Waals surface area contributed by atoms with Crippen LogP contribution in [0.25, 0.3) is 0 Å². The number of nitrogens with one attached hydrogen (secondary N) is 1. The van der Waals surface area contributed by atoms with E-state index in [4.69, 9.17) is 0 Å². The van der Waals surface area contributed by atoms with Gasteiger partial charge in [-0.15, -0.1) is 0 Å². The van der Waals surface area contributed by atoms with Crippen LogP contribution in [0.15, 0.2) is 29.4 Å². The van der Waals surface area contributed by atoms with Gasteiger partial charge in [-0.05, 0) is 19.1 Å². The number of pyridine rings is 1. The molecule has 1 atom stereocenters. The van der Waals surface area contributed by atoms with Crippen LogP contribution in [-0.4, -0.2) is 43.4 Å². The summed E-state index contributed by atoms with van der Waals surface area (Å²) in [5, 5.41) is 3.34. The molecule has 16 heavy (non-hydrogen) atoms. The summed E-state index contributed by atoms with van der Waals surface area (Å²) in [5.41, 5.74) is 0. The maximum Gasteiger partial charge on any atom is 0.260 e. The Balaban J connectivity index is 2.26. The fraction of sp³-hybridized carbons (Fsp3) is 0.500. The Labute approximate surface area is 95.5 Å². The summed E-state index contributed by atoms with van der Waals surface area (Å²) in [4.78, 5) is 3.90. The van der Waals surface area contributed by atoms with E-state index >= 15 is 0 Å². The summed E-state index contributed by atoms with van der Waals surface area (Å²) in [6.07, 6.45) is 1.50. The van der Waals surface area contributed by atoms with Gasteiger partial charge in [-0.2, -0.15) is 4.31 Å². The van der Waals surface area contributed by atoms with Crippen LogP contribution in [0.1, 0.15) is 6.92 Å². The molecule has 1 aromatic rings. The highest BCUT2D eigenvalue weighted by Crippen LogP contribution is 2.14. The van der Waals surface area contributed by atoms with Gasteiger partial charge in [0.15, 0.2) is 5.03 Å². The van der Waals surface area contributed by atoms with E-state index in [1.807, 2.05) is 6.92 Å². The van der Waals surface area contributed by atoms with Crippen LogP contribution in [0.3, 0.4) is 0 Å². The Hall–Kier alpha value is -0.980. The van der Waals surface area contributed by atoms with Crippen molar-refractivity contribution in [3.8, 4) is 0 Å². The number of nitrogens with zero attached hydrogens (tertiary/aromatic N) is 2. The topological polar surface area (TPSA) is 62.3 Å². The molecule has 0 spiro atoms. The molecular formula is C10H15N3O2S. The summed E-state index contributed by atoms with van der Waals surface area (Å²) in [6, 6.07) is 5.11. The van der Waals surface area contributed by atoms with Gasteiger partial charge in [-0.1, -0.05) is 6.07 Å². The number of hydrogen-bond acceptors (Lipinski definition) is 4. The second kappa shape index (κ2) is 4.48. The third kappa shape index (κ3) is 2.23. The van der Waals surface area contributed by atoms with E-state index in [1.54, 1.807) is 12.1 Å². The van der Waals surface area contributed by atoms with E-state index in [9.17, 15) is 8.42 Å². The molecule has 0 saturated carbocycles. The molecule has 0 aliphatic carbocycles. The van der Waals surface area contributed by atoms with Crippen molar-refractivity contribution in [3.63, 3.8) is 0 Å². The maximum atomic E-state index is 12.2. The molecule has 6 heteroatoms. The van der Waals surface area contributed by atoms with Crippen molar-refractivity contribution in [1.29, 1.82) is 0 Å². The van der Waals surface area contributed by atoms with Gasteiger partial charge in [0, 0.05) is 31.9 Å². The number of piperazine rings is 1. The van der Waals surface area contributed by atoms with E-state index in [1.165, 1.54) is 16.6 Å². The van der Waals surface area contributed by atoms with Crippen molar-refractivity contribution >= 4 is 10.0 Å². The second-order valence-corrected chi connectivity index (χ2v) is 5.77. The Kier molecular flexibility index (Phi) is 3.22. The average molecular weight is 241 g/mol. The molecule has 0 aromatic carbocycles. The standard InChI is InChI=1S/C10H15N3O2S/c1-9-8-13(7-6-11-9)16(14,15)10-4-2-3-5-12-10/h2-5,9,11H,6-8H2,1H3/t9-/m0/s1. The van der Waals surface area contributed by atoms with Gasteiger partial charge in [0.05, 0.1) is 0 Å². The van der Waals surface area contributed by atoms with Crippen LogP contribution in [0.2, 0.25) is 0 Å². The minimum absolute atomic E-state index is 0.129. The highest BCUT2D eigenvalue weighted by molar-refractivity contribution is 7.89. The van der Waals surface area contributed by atoms with E-state index in [-0.39, 0.29) is 11.1 Å². The third-order valence-corrected chi connectivity index (χ3v) is 4.36. The fourth-order valence-electron chi connectivity index (χ4n) is 1.75. The van der Waals surface area contributed by atoms with Crippen molar-refractivity contribution in [3.05, 3.63) is 24.4 Å². The summed E-state index contributed by atoms with van der Waals surface area (Å²) < 4.78 is 25.8. The molecule has 88 valence electrons. The quantitative estimate of drug-likeness (QED) is 0.795. The molecule has 5 nitrogen and oxygen atoms in total. The van der Waals surface area contributed by atoms with Gasteiger partial charge in [0.2, 0.25) is 0 Å². The van der Waals surface area contributed by atoms with E-state index in [0.717, 1.165) is 0 Å². The predicted octanol–water partition coefficient (Wildman–Crippen LogP) is 0.0640. The van der Waals surface area contributed by atoms with Crippen molar-refractivity contribution in [2.45, 2.75) is 18.0 Å². The lowest BCUT2D eigenvalue weighted by Gasteiger charge is -2.30. The van der Waals surface area contributed by atoms with E-state index < -0.39 is 10.0 Å². The monoisotopic (exact) mass is 241 g/mol. The Bertz CT molecular complexity index is 446. The van der Waals surface area contributed by atoms with Crippen LogP contribution in [0.5, 0.6) is 0 Å². The molecule has 1 aliphatic heterocycles. The molecule has 1 N–H and O–H groups in total. The first-order valence-electron chi connectivity index (χ1n) is 5.25. The van der Waals surface area contributed by atoms with Crippen molar-refractivity contribution in [1.82, 2.24) is 14.6 Å². The highest BCUT2D eigenvalue weighted by Gasteiger charge is 2.28. The fourth-order valence-corrected chi connectivity index (χ4v) is 3.21.